The predicted molar refractivity (Wildman–Crippen MR) is 62.0 cm³/mol. The lowest BCUT2D eigenvalue weighted by Gasteiger charge is -2.32. The third kappa shape index (κ3) is 2.25. The fourth-order valence-electron chi connectivity index (χ4n) is 2.10. The molecule has 0 radical (unpaired) electrons. The van der Waals surface area contributed by atoms with E-state index in [1.165, 1.54) is 0 Å². The Morgan fingerprint density at radius 1 is 1.31 bits per heavy atom. The number of hydrogen-bond donors (Lipinski definition) is 2. The van der Waals surface area contributed by atoms with Gasteiger partial charge in [-0.3, -0.25) is 4.79 Å². The first-order chi connectivity index (χ1) is 7.56. The normalized spacial score (nSPS) is 16.4. The summed E-state index contributed by atoms with van der Waals surface area (Å²) < 4.78 is 0. The summed E-state index contributed by atoms with van der Waals surface area (Å²) in [7, 11) is 0. The maximum atomic E-state index is 11.1. The molecule has 0 fully saturated rings. The summed E-state index contributed by atoms with van der Waals surface area (Å²) in [4.78, 5) is 11.1. The fraction of sp³-hybridized carbons (Fsp3) is 0.462. The van der Waals surface area contributed by atoms with Crippen molar-refractivity contribution in [3.05, 3.63) is 35.9 Å². The minimum atomic E-state index is -1.28. The molecule has 3 heteroatoms. The lowest BCUT2D eigenvalue weighted by atomic mass is 9.78. The van der Waals surface area contributed by atoms with Gasteiger partial charge in [0.25, 0.3) is 0 Å². The van der Waals surface area contributed by atoms with Crippen LogP contribution in [0, 0.1) is 5.92 Å². The van der Waals surface area contributed by atoms with Gasteiger partial charge in [0.05, 0.1) is 5.92 Å². The number of benzene rings is 1. The highest BCUT2D eigenvalue weighted by molar-refractivity contribution is 5.72. The molecule has 88 valence electrons. The van der Waals surface area contributed by atoms with Crippen LogP contribution in [0.4, 0.5) is 0 Å². The van der Waals surface area contributed by atoms with Crippen LogP contribution in [0.25, 0.3) is 0 Å². The third-order valence-electron chi connectivity index (χ3n) is 3.10. The smallest absolute Gasteiger partial charge is 0.309 e. The Kier molecular flexibility index (Phi) is 4.07. The molecule has 1 aromatic rings. The number of carboxylic acids is 1. The van der Waals surface area contributed by atoms with Crippen molar-refractivity contribution in [1.29, 1.82) is 0 Å². The number of carbonyl (C=O) groups is 1. The first kappa shape index (κ1) is 12.7. The summed E-state index contributed by atoms with van der Waals surface area (Å²) in [5.41, 5.74) is -0.603. The van der Waals surface area contributed by atoms with Crippen molar-refractivity contribution in [2.24, 2.45) is 5.92 Å². The molecule has 2 atom stereocenters. The molecule has 2 unspecified atom stereocenters. The topological polar surface area (TPSA) is 57.5 Å². The highest BCUT2D eigenvalue weighted by Gasteiger charge is 2.40. The molecule has 3 nitrogen and oxygen atoms in total. The van der Waals surface area contributed by atoms with E-state index in [0.29, 0.717) is 18.4 Å². The van der Waals surface area contributed by atoms with E-state index < -0.39 is 17.5 Å². The molecule has 0 aliphatic carbocycles. The van der Waals surface area contributed by atoms with Gasteiger partial charge in [0.1, 0.15) is 5.60 Å². The van der Waals surface area contributed by atoms with E-state index >= 15 is 0 Å². The molecule has 1 aromatic carbocycles. The highest BCUT2D eigenvalue weighted by Crippen LogP contribution is 2.35. The first-order valence-corrected chi connectivity index (χ1v) is 5.57. The maximum absolute atomic E-state index is 11.1. The second-order valence-electron chi connectivity index (χ2n) is 3.94. The van der Waals surface area contributed by atoms with E-state index in [2.05, 4.69) is 0 Å². The van der Waals surface area contributed by atoms with E-state index in [1.54, 1.807) is 26.0 Å². The predicted octanol–water partition coefficient (Wildman–Crippen LogP) is 2.40. The largest absolute Gasteiger partial charge is 0.481 e. The summed E-state index contributed by atoms with van der Waals surface area (Å²) in [6.45, 7) is 3.58. The van der Waals surface area contributed by atoms with Crippen molar-refractivity contribution in [2.45, 2.75) is 32.3 Å². The van der Waals surface area contributed by atoms with Crippen molar-refractivity contribution in [1.82, 2.24) is 0 Å². The zero-order valence-electron chi connectivity index (χ0n) is 9.68. The Morgan fingerprint density at radius 2 is 1.88 bits per heavy atom. The molecule has 0 saturated carbocycles. The summed E-state index contributed by atoms with van der Waals surface area (Å²) in [6.07, 6.45) is 0.802. The van der Waals surface area contributed by atoms with Crippen LogP contribution in [0.3, 0.4) is 0 Å². The van der Waals surface area contributed by atoms with Gasteiger partial charge in [-0.15, -0.1) is 0 Å². The van der Waals surface area contributed by atoms with Crippen LogP contribution >= 0.6 is 0 Å². The highest BCUT2D eigenvalue weighted by atomic mass is 16.4. The van der Waals surface area contributed by atoms with Gasteiger partial charge in [0.15, 0.2) is 0 Å². The Morgan fingerprint density at radius 3 is 2.25 bits per heavy atom. The molecule has 0 aromatic heterocycles. The maximum Gasteiger partial charge on any atom is 0.309 e. The number of aliphatic hydroxyl groups is 1. The fourth-order valence-corrected chi connectivity index (χ4v) is 2.10. The van der Waals surface area contributed by atoms with E-state index in [1.807, 2.05) is 18.2 Å². The van der Waals surface area contributed by atoms with E-state index in [4.69, 9.17) is 5.11 Å². The van der Waals surface area contributed by atoms with E-state index in [9.17, 15) is 9.90 Å². The molecule has 0 saturated heterocycles. The van der Waals surface area contributed by atoms with Crippen LogP contribution in [-0.4, -0.2) is 16.2 Å². The first-order valence-electron chi connectivity index (χ1n) is 5.57. The molecular formula is C13H18O3. The van der Waals surface area contributed by atoms with Gasteiger partial charge < -0.3 is 10.2 Å². The van der Waals surface area contributed by atoms with Crippen molar-refractivity contribution in [3.8, 4) is 0 Å². The van der Waals surface area contributed by atoms with Crippen LogP contribution in [-0.2, 0) is 10.4 Å². The zero-order chi connectivity index (χ0) is 12.2. The van der Waals surface area contributed by atoms with Gasteiger partial charge in [0, 0.05) is 0 Å². The average molecular weight is 222 g/mol. The third-order valence-corrected chi connectivity index (χ3v) is 3.10. The summed E-state index contributed by atoms with van der Waals surface area (Å²) in [6, 6.07) is 9.01. The van der Waals surface area contributed by atoms with Gasteiger partial charge in [-0.05, 0) is 18.4 Å². The average Bonchev–Trinajstić information content (AvgIpc) is 2.30. The van der Waals surface area contributed by atoms with E-state index in [0.717, 1.165) is 0 Å². The summed E-state index contributed by atoms with van der Waals surface area (Å²) >= 11 is 0. The summed E-state index contributed by atoms with van der Waals surface area (Å²) in [5, 5.41) is 19.7. The minimum Gasteiger partial charge on any atom is -0.481 e. The molecule has 0 heterocycles. The molecule has 2 N–H and O–H groups in total. The van der Waals surface area contributed by atoms with Gasteiger partial charge >= 0.3 is 5.97 Å². The number of carboxylic acid groups (broad SMARTS) is 1. The number of hydrogen-bond acceptors (Lipinski definition) is 2. The number of rotatable bonds is 5. The van der Waals surface area contributed by atoms with Crippen LogP contribution in [0.2, 0.25) is 0 Å². The quantitative estimate of drug-likeness (QED) is 0.804. The monoisotopic (exact) mass is 222 g/mol. The van der Waals surface area contributed by atoms with Crippen LogP contribution in [0.5, 0.6) is 0 Å². The Bertz CT molecular complexity index is 347. The molecule has 0 spiro atoms. The molecule has 0 bridgehead atoms. The molecule has 0 amide bonds. The Labute approximate surface area is 95.7 Å². The Hall–Kier alpha value is -1.35. The van der Waals surface area contributed by atoms with Crippen molar-refractivity contribution in [2.75, 3.05) is 0 Å². The van der Waals surface area contributed by atoms with Crippen molar-refractivity contribution >= 4 is 5.97 Å². The molecule has 16 heavy (non-hydrogen) atoms. The standard InChI is InChI=1S/C13H18O3/c1-3-11(12(14)15)13(16,4-2)10-8-6-5-7-9-10/h5-9,11,16H,3-4H2,1-2H3,(H,14,15). The number of aliphatic carboxylic acids is 1. The molecular weight excluding hydrogens is 204 g/mol. The minimum absolute atomic E-state index is 0.391. The Balaban J connectivity index is 3.15. The van der Waals surface area contributed by atoms with Gasteiger partial charge in [-0.1, -0.05) is 44.2 Å². The molecule has 0 aliphatic rings. The molecule has 0 aliphatic heterocycles. The van der Waals surface area contributed by atoms with Gasteiger partial charge in [-0.25, -0.2) is 0 Å². The molecule has 1 rings (SSSR count). The van der Waals surface area contributed by atoms with Crippen LogP contribution in [0.15, 0.2) is 30.3 Å². The van der Waals surface area contributed by atoms with Crippen molar-refractivity contribution < 1.29 is 15.0 Å². The second kappa shape index (κ2) is 5.12. The van der Waals surface area contributed by atoms with Crippen LogP contribution in [0.1, 0.15) is 32.3 Å². The zero-order valence-corrected chi connectivity index (χ0v) is 9.68. The summed E-state index contributed by atoms with van der Waals surface area (Å²) in [5.74, 6) is -1.71. The van der Waals surface area contributed by atoms with Crippen LogP contribution < -0.4 is 0 Å². The lowest BCUT2D eigenvalue weighted by molar-refractivity contribution is -0.153. The van der Waals surface area contributed by atoms with Gasteiger partial charge in [-0.2, -0.15) is 0 Å². The SMILES string of the molecule is CCC(C(=O)O)C(O)(CC)c1ccccc1. The lowest BCUT2D eigenvalue weighted by Crippen LogP contribution is -2.39. The second-order valence-corrected chi connectivity index (χ2v) is 3.94. The van der Waals surface area contributed by atoms with Gasteiger partial charge in [0.2, 0.25) is 0 Å². The van der Waals surface area contributed by atoms with Crippen molar-refractivity contribution in [3.63, 3.8) is 0 Å². The van der Waals surface area contributed by atoms with E-state index in [-0.39, 0.29) is 0 Å².